The molecule has 0 aliphatic heterocycles. The second-order valence-electron chi connectivity index (χ2n) is 4.37. The van der Waals surface area contributed by atoms with Crippen LogP contribution in [0.1, 0.15) is 17.2 Å². The Kier molecular flexibility index (Phi) is 2.97. The summed E-state index contributed by atoms with van der Waals surface area (Å²) in [6, 6.07) is 13.9. The molecule has 2 nitrogen and oxygen atoms in total. The first-order chi connectivity index (χ1) is 9.27. The SMILES string of the molecule is OC(c1ccccc1F)c1cncc2ccccc12. The summed E-state index contributed by atoms with van der Waals surface area (Å²) in [6.45, 7) is 0. The van der Waals surface area contributed by atoms with Gasteiger partial charge in [0.25, 0.3) is 0 Å². The van der Waals surface area contributed by atoms with E-state index in [1.807, 2.05) is 24.3 Å². The lowest BCUT2D eigenvalue weighted by molar-refractivity contribution is 0.216. The van der Waals surface area contributed by atoms with E-state index in [2.05, 4.69) is 4.98 Å². The first-order valence-corrected chi connectivity index (χ1v) is 6.02. The molecule has 1 unspecified atom stereocenters. The van der Waals surface area contributed by atoms with Gasteiger partial charge >= 0.3 is 0 Å². The number of fused-ring (bicyclic) bond motifs is 1. The number of pyridine rings is 1. The second-order valence-corrected chi connectivity index (χ2v) is 4.37. The molecule has 0 bridgehead atoms. The summed E-state index contributed by atoms with van der Waals surface area (Å²) >= 11 is 0. The Labute approximate surface area is 110 Å². The van der Waals surface area contributed by atoms with Gasteiger partial charge in [-0.05, 0) is 11.5 Å². The van der Waals surface area contributed by atoms with Crippen LogP contribution < -0.4 is 0 Å². The van der Waals surface area contributed by atoms with Crippen molar-refractivity contribution in [1.29, 1.82) is 0 Å². The van der Waals surface area contributed by atoms with Crippen molar-refractivity contribution in [2.24, 2.45) is 0 Å². The molecule has 0 radical (unpaired) electrons. The average Bonchev–Trinajstić information content (AvgIpc) is 2.46. The molecular weight excluding hydrogens is 241 g/mol. The van der Waals surface area contributed by atoms with E-state index in [0.29, 0.717) is 5.56 Å². The Balaban J connectivity index is 2.17. The molecule has 0 saturated carbocycles. The van der Waals surface area contributed by atoms with Crippen LogP contribution in [0.5, 0.6) is 0 Å². The van der Waals surface area contributed by atoms with E-state index in [1.165, 1.54) is 6.07 Å². The standard InChI is InChI=1S/C16H12FNO/c17-15-8-4-3-7-13(15)16(19)14-10-18-9-11-5-1-2-6-12(11)14/h1-10,16,19H. The van der Waals surface area contributed by atoms with Crippen molar-refractivity contribution in [2.75, 3.05) is 0 Å². The van der Waals surface area contributed by atoms with Crippen molar-refractivity contribution in [3.8, 4) is 0 Å². The maximum Gasteiger partial charge on any atom is 0.129 e. The molecule has 0 spiro atoms. The second kappa shape index (κ2) is 4.78. The lowest BCUT2D eigenvalue weighted by atomic mass is 9.98. The van der Waals surface area contributed by atoms with E-state index < -0.39 is 11.9 Å². The number of aliphatic hydroxyl groups excluding tert-OH is 1. The predicted octanol–water partition coefficient (Wildman–Crippen LogP) is 3.46. The summed E-state index contributed by atoms with van der Waals surface area (Å²) in [7, 11) is 0. The van der Waals surface area contributed by atoms with E-state index in [0.717, 1.165) is 10.8 Å². The Morgan fingerprint density at radius 1 is 0.895 bits per heavy atom. The molecule has 94 valence electrons. The van der Waals surface area contributed by atoms with Gasteiger partial charge in [0.1, 0.15) is 11.9 Å². The van der Waals surface area contributed by atoms with Crippen LogP contribution in [-0.2, 0) is 0 Å². The molecule has 1 heterocycles. The maximum absolute atomic E-state index is 13.7. The third-order valence-electron chi connectivity index (χ3n) is 3.19. The van der Waals surface area contributed by atoms with Gasteiger partial charge in [-0.15, -0.1) is 0 Å². The molecule has 0 aliphatic rings. The number of rotatable bonds is 2. The van der Waals surface area contributed by atoms with Crippen LogP contribution in [0.25, 0.3) is 10.8 Å². The number of aliphatic hydroxyl groups is 1. The summed E-state index contributed by atoms with van der Waals surface area (Å²) in [5.41, 5.74) is 0.879. The van der Waals surface area contributed by atoms with Crippen molar-refractivity contribution in [2.45, 2.75) is 6.10 Å². The third kappa shape index (κ3) is 2.09. The van der Waals surface area contributed by atoms with Crippen LogP contribution in [0, 0.1) is 5.82 Å². The summed E-state index contributed by atoms with van der Waals surface area (Å²) in [6.07, 6.45) is 2.30. The summed E-state index contributed by atoms with van der Waals surface area (Å²) < 4.78 is 13.7. The summed E-state index contributed by atoms with van der Waals surface area (Å²) in [4.78, 5) is 4.11. The molecule has 0 saturated heterocycles. The van der Waals surface area contributed by atoms with Crippen molar-refractivity contribution >= 4 is 10.8 Å². The molecular formula is C16H12FNO. The molecule has 19 heavy (non-hydrogen) atoms. The molecule has 2 aromatic carbocycles. The summed E-state index contributed by atoms with van der Waals surface area (Å²) in [5.74, 6) is -0.414. The molecule has 0 amide bonds. The Hall–Kier alpha value is -2.26. The number of benzene rings is 2. The zero-order valence-corrected chi connectivity index (χ0v) is 10.1. The van der Waals surface area contributed by atoms with Gasteiger partial charge < -0.3 is 5.11 Å². The van der Waals surface area contributed by atoms with Crippen LogP contribution in [0.3, 0.4) is 0 Å². The lowest BCUT2D eigenvalue weighted by Gasteiger charge is -2.14. The van der Waals surface area contributed by atoms with E-state index in [9.17, 15) is 9.50 Å². The third-order valence-corrected chi connectivity index (χ3v) is 3.19. The first-order valence-electron chi connectivity index (χ1n) is 6.02. The quantitative estimate of drug-likeness (QED) is 0.758. The van der Waals surface area contributed by atoms with Crippen molar-refractivity contribution in [1.82, 2.24) is 4.98 Å². The minimum absolute atomic E-state index is 0.264. The van der Waals surface area contributed by atoms with Crippen molar-refractivity contribution < 1.29 is 9.50 Å². The molecule has 1 N–H and O–H groups in total. The fraction of sp³-hybridized carbons (Fsp3) is 0.0625. The smallest absolute Gasteiger partial charge is 0.129 e. The van der Waals surface area contributed by atoms with Crippen LogP contribution in [-0.4, -0.2) is 10.1 Å². The number of aromatic nitrogens is 1. The van der Waals surface area contributed by atoms with Gasteiger partial charge in [0.2, 0.25) is 0 Å². The number of hydrogen-bond donors (Lipinski definition) is 1. The average molecular weight is 253 g/mol. The molecule has 0 aliphatic carbocycles. The van der Waals surface area contributed by atoms with Crippen LogP contribution in [0.4, 0.5) is 4.39 Å². The molecule has 1 atom stereocenters. The highest BCUT2D eigenvalue weighted by atomic mass is 19.1. The molecule has 3 heteroatoms. The van der Waals surface area contributed by atoms with Gasteiger partial charge in [-0.3, -0.25) is 4.98 Å². The van der Waals surface area contributed by atoms with E-state index >= 15 is 0 Å². The van der Waals surface area contributed by atoms with Crippen LogP contribution >= 0.6 is 0 Å². The topological polar surface area (TPSA) is 33.1 Å². The van der Waals surface area contributed by atoms with Crippen molar-refractivity contribution in [3.05, 3.63) is 77.9 Å². The van der Waals surface area contributed by atoms with Gasteiger partial charge in [0.05, 0.1) is 0 Å². The van der Waals surface area contributed by atoms with Gasteiger partial charge in [-0.1, -0.05) is 42.5 Å². The van der Waals surface area contributed by atoms with Crippen LogP contribution in [0.2, 0.25) is 0 Å². The highest BCUT2D eigenvalue weighted by molar-refractivity contribution is 5.85. The van der Waals surface area contributed by atoms with Gasteiger partial charge in [0, 0.05) is 28.9 Å². The number of nitrogens with zero attached hydrogens (tertiary/aromatic N) is 1. The maximum atomic E-state index is 13.7. The lowest BCUT2D eigenvalue weighted by Crippen LogP contribution is -2.03. The number of hydrogen-bond acceptors (Lipinski definition) is 2. The van der Waals surface area contributed by atoms with Gasteiger partial charge in [0.15, 0.2) is 0 Å². The highest BCUT2D eigenvalue weighted by Crippen LogP contribution is 2.29. The van der Waals surface area contributed by atoms with E-state index in [1.54, 1.807) is 30.6 Å². The molecule has 1 aromatic heterocycles. The zero-order chi connectivity index (χ0) is 13.2. The molecule has 0 fully saturated rings. The van der Waals surface area contributed by atoms with Crippen LogP contribution in [0.15, 0.2) is 60.9 Å². The Morgan fingerprint density at radius 3 is 2.47 bits per heavy atom. The normalized spacial score (nSPS) is 12.5. The van der Waals surface area contributed by atoms with Crippen molar-refractivity contribution in [3.63, 3.8) is 0 Å². The highest BCUT2D eigenvalue weighted by Gasteiger charge is 2.16. The first kappa shape index (κ1) is 11.8. The van der Waals surface area contributed by atoms with E-state index in [-0.39, 0.29) is 5.56 Å². The molecule has 3 aromatic rings. The fourth-order valence-corrected chi connectivity index (χ4v) is 2.22. The predicted molar refractivity (Wildman–Crippen MR) is 72.2 cm³/mol. The van der Waals surface area contributed by atoms with Gasteiger partial charge in [-0.25, -0.2) is 4.39 Å². The fourth-order valence-electron chi connectivity index (χ4n) is 2.22. The minimum Gasteiger partial charge on any atom is -0.383 e. The summed E-state index contributed by atoms with van der Waals surface area (Å²) in [5, 5.41) is 12.2. The molecule has 3 rings (SSSR count). The number of halogens is 1. The monoisotopic (exact) mass is 253 g/mol. The Morgan fingerprint density at radius 2 is 1.63 bits per heavy atom. The van der Waals surface area contributed by atoms with Gasteiger partial charge in [-0.2, -0.15) is 0 Å². The zero-order valence-electron chi connectivity index (χ0n) is 10.1. The Bertz CT molecular complexity index is 721. The minimum atomic E-state index is -1.01. The van der Waals surface area contributed by atoms with E-state index in [4.69, 9.17) is 0 Å². The largest absolute Gasteiger partial charge is 0.383 e.